The van der Waals surface area contributed by atoms with Crippen molar-refractivity contribution in [3.63, 3.8) is 0 Å². The Morgan fingerprint density at radius 2 is 2.15 bits per heavy atom. The smallest absolute Gasteiger partial charge is 0.163 e. The van der Waals surface area contributed by atoms with Crippen LogP contribution in [0.2, 0.25) is 0 Å². The molecule has 0 amide bonds. The Balaban J connectivity index is 1.88. The molecule has 3 N–H and O–H groups in total. The van der Waals surface area contributed by atoms with E-state index < -0.39 is 0 Å². The number of fused-ring (bicyclic) bond motifs is 1. The lowest BCUT2D eigenvalue weighted by Gasteiger charge is -2.23. The third-order valence-electron chi connectivity index (χ3n) is 4.11. The van der Waals surface area contributed by atoms with Gasteiger partial charge >= 0.3 is 0 Å². The van der Waals surface area contributed by atoms with Crippen LogP contribution in [0.25, 0.3) is 11.0 Å². The lowest BCUT2D eigenvalue weighted by Crippen LogP contribution is -2.29. The number of hydrogen-bond donors (Lipinski definition) is 2. The molecule has 0 unspecified atom stereocenters. The summed E-state index contributed by atoms with van der Waals surface area (Å²) in [5, 5.41) is 5.06. The fourth-order valence-corrected chi connectivity index (χ4v) is 2.95. The van der Waals surface area contributed by atoms with Gasteiger partial charge in [0.2, 0.25) is 0 Å². The first-order chi connectivity index (χ1) is 9.69. The van der Waals surface area contributed by atoms with Gasteiger partial charge in [-0.05, 0) is 19.9 Å². The van der Waals surface area contributed by atoms with E-state index in [4.69, 9.17) is 5.84 Å². The molecule has 0 spiro atoms. The third-order valence-corrected chi connectivity index (χ3v) is 4.11. The van der Waals surface area contributed by atoms with Gasteiger partial charge in [0.1, 0.15) is 5.82 Å². The summed E-state index contributed by atoms with van der Waals surface area (Å²) in [5.74, 6) is 6.97. The van der Waals surface area contributed by atoms with Crippen molar-refractivity contribution >= 4 is 16.9 Å². The van der Waals surface area contributed by atoms with E-state index in [-0.39, 0.29) is 0 Å². The SMILES string of the molecule is CN(Cc1nc(NN)c2cnn(C)c2n1)C1CCCC1. The summed E-state index contributed by atoms with van der Waals surface area (Å²) < 4.78 is 1.75. The summed E-state index contributed by atoms with van der Waals surface area (Å²) in [4.78, 5) is 11.4. The van der Waals surface area contributed by atoms with Crippen LogP contribution in [0.3, 0.4) is 0 Å². The Morgan fingerprint density at radius 3 is 2.85 bits per heavy atom. The first kappa shape index (κ1) is 13.3. The first-order valence-electron chi connectivity index (χ1n) is 7.04. The van der Waals surface area contributed by atoms with E-state index in [9.17, 15) is 0 Å². The van der Waals surface area contributed by atoms with Crippen molar-refractivity contribution in [3.05, 3.63) is 12.0 Å². The molecule has 3 rings (SSSR count). The Bertz CT molecular complexity index is 600. The van der Waals surface area contributed by atoms with E-state index in [2.05, 4.69) is 32.4 Å². The van der Waals surface area contributed by atoms with Crippen molar-refractivity contribution in [2.75, 3.05) is 12.5 Å². The summed E-state index contributed by atoms with van der Waals surface area (Å²) in [5.41, 5.74) is 3.45. The van der Waals surface area contributed by atoms with Crippen LogP contribution in [0.15, 0.2) is 6.20 Å². The van der Waals surface area contributed by atoms with Crippen LogP contribution in [0.4, 0.5) is 5.82 Å². The Hall–Kier alpha value is -1.73. The van der Waals surface area contributed by atoms with Gasteiger partial charge < -0.3 is 5.43 Å². The van der Waals surface area contributed by atoms with Crippen molar-refractivity contribution < 1.29 is 0 Å². The van der Waals surface area contributed by atoms with E-state index in [0.717, 1.165) is 23.4 Å². The highest BCUT2D eigenvalue weighted by Gasteiger charge is 2.21. The van der Waals surface area contributed by atoms with E-state index in [0.29, 0.717) is 11.9 Å². The molecule has 20 heavy (non-hydrogen) atoms. The first-order valence-corrected chi connectivity index (χ1v) is 7.04. The number of nitrogens with two attached hydrogens (primary N) is 1. The van der Waals surface area contributed by atoms with Gasteiger partial charge in [0.05, 0.1) is 18.1 Å². The monoisotopic (exact) mass is 275 g/mol. The molecule has 0 atom stereocenters. The lowest BCUT2D eigenvalue weighted by atomic mass is 10.2. The van der Waals surface area contributed by atoms with Crippen molar-refractivity contribution in [1.29, 1.82) is 0 Å². The van der Waals surface area contributed by atoms with Gasteiger partial charge in [0.15, 0.2) is 11.5 Å². The zero-order valence-corrected chi connectivity index (χ0v) is 12.0. The Kier molecular flexibility index (Phi) is 3.54. The van der Waals surface area contributed by atoms with Gasteiger partial charge in [-0.3, -0.25) is 9.58 Å². The number of hydrogen-bond acceptors (Lipinski definition) is 6. The van der Waals surface area contributed by atoms with Crippen LogP contribution in [-0.4, -0.2) is 37.7 Å². The largest absolute Gasteiger partial charge is 0.308 e. The number of nitrogen functional groups attached to an aromatic ring is 1. The molecule has 0 bridgehead atoms. The third kappa shape index (κ3) is 2.34. The van der Waals surface area contributed by atoms with Gasteiger partial charge in [-0.15, -0.1) is 0 Å². The molecule has 7 nitrogen and oxygen atoms in total. The van der Waals surface area contributed by atoms with Gasteiger partial charge in [-0.25, -0.2) is 15.8 Å². The highest BCUT2D eigenvalue weighted by Crippen LogP contribution is 2.24. The van der Waals surface area contributed by atoms with Gasteiger partial charge in [-0.1, -0.05) is 12.8 Å². The fraction of sp³-hybridized carbons (Fsp3) is 0.615. The summed E-state index contributed by atoms with van der Waals surface area (Å²) in [7, 11) is 4.02. The molecule has 7 heteroatoms. The number of nitrogens with zero attached hydrogens (tertiary/aromatic N) is 5. The minimum absolute atomic E-state index is 0.637. The zero-order valence-electron chi connectivity index (χ0n) is 12.0. The predicted octanol–water partition coefficient (Wildman–Crippen LogP) is 1.02. The maximum atomic E-state index is 5.56. The maximum absolute atomic E-state index is 5.56. The molecular formula is C13H21N7. The molecule has 0 saturated heterocycles. The molecule has 1 fully saturated rings. The van der Waals surface area contributed by atoms with Gasteiger partial charge in [-0.2, -0.15) is 5.10 Å². The molecule has 1 aliphatic carbocycles. The maximum Gasteiger partial charge on any atom is 0.163 e. The minimum Gasteiger partial charge on any atom is -0.308 e. The average Bonchev–Trinajstić information content (AvgIpc) is 3.09. The highest BCUT2D eigenvalue weighted by molar-refractivity contribution is 5.86. The van der Waals surface area contributed by atoms with Crippen LogP contribution in [0, 0.1) is 0 Å². The van der Waals surface area contributed by atoms with E-state index in [1.54, 1.807) is 10.9 Å². The average molecular weight is 275 g/mol. The molecule has 0 radical (unpaired) electrons. The number of aromatic nitrogens is 4. The topological polar surface area (TPSA) is 84.9 Å². The minimum atomic E-state index is 0.637. The van der Waals surface area contributed by atoms with Crippen LogP contribution < -0.4 is 11.3 Å². The molecule has 0 aromatic carbocycles. The second kappa shape index (κ2) is 5.34. The highest BCUT2D eigenvalue weighted by atomic mass is 15.3. The summed E-state index contributed by atoms with van der Waals surface area (Å²) in [6.07, 6.45) is 6.92. The molecule has 0 aliphatic heterocycles. The van der Waals surface area contributed by atoms with Gasteiger partial charge in [0, 0.05) is 13.1 Å². The Morgan fingerprint density at radius 1 is 1.40 bits per heavy atom. The molecule has 2 aromatic heterocycles. The summed E-state index contributed by atoms with van der Waals surface area (Å²) in [6, 6.07) is 0.648. The van der Waals surface area contributed by atoms with Crippen LogP contribution >= 0.6 is 0 Å². The van der Waals surface area contributed by atoms with Crippen molar-refractivity contribution in [1.82, 2.24) is 24.6 Å². The second-order valence-electron chi connectivity index (χ2n) is 5.49. The van der Waals surface area contributed by atoms with Crippen LogP contribution in [0.5, 0.6) is 0 Å². The number of nitrogens with one attached hydrogen (secondary N) is 1. The Labute approximate surface area is 118 Å². The van der Waals surface area contributed by atoms with Crippen LogP contribution in [-0.2, 0) is 13.6 Å². The van der Waals surface area contributed by atoms with E-state index in [1.165, 1.54) is 25.7 Å². The number of hydrazine groups is 1. The molecule has 2 heterocycles. The summed E-state index contributed by atoms with van der Waals surface area (Å²) in [6.45, 7) is 0.737. The van der Waals surface area contributed by atoms with Crippen molar-refractivity contribution in [3.8, 4) is 0 Å². The number of anilines is 1. The predicted molar refractivity (Wildman–Crippen MR) is 77.8 cm³/mol. The standard InChI is InChI=1S/C13H21N7/c1-19(9-5-3-4-6-9)8-11-16-12(18-14)10-7-15-20(2)13(10)17-11/h7,9H,3-6,8,14H2,1-2H3,(H,16,17,18). The molecule has 108 valence electrons. The quantitative estimate of drug-likeness (QED) is 0.640. The van der Waals surface area contributed by atoms with E-state index in [1.807, 2.05) is 7.05 Å². The zero-order chi connectivity index (χ0) is 14.1. The molecule has 1 saturated carbocycles. The summed E-state index contributed by atoms with van der Waals surface area (Å²) >= 11 is 0. The van der Waals surface area contributed by atoms with Crippen molar-refractivity contribution in [2.45, 2.75) is 38.3 Å². The molecular weight excluding hydrogens is 254 g/mol. The molecule has 1 aliphatic rings. The van der Waals surface area contributed by atoms with Crippen LogP contribution in [0.1, 0.15) is 31.5 Å². The fourth-order valence-electron chi connectivity index (χ4n) is 2.95. The molecule has 2 aromatic rings. The second-order valence-corrected chi connectivity index (χ2v) is 5.49. The number of rotatable bonds is 4. The number of aryl methyl sites for hydroxylation is 1. The van der Waals surface area contributed by atoms with Crippen molar-refractivity contribution in [2.24, 2.45) is 12.9 Å². The van der Waals surface area contributed by atoms with E-state index >= 15 is 0 Å². The van der Waals surface area contributed by atoms with Gasteiger partial charge in [0.25, 0.3) is 0 Å². The lowest BCUT2D eigenvalue weighted by molar-refractivity contribution is 0.232. The normalized spacial score (nSPS) is 16.4.